The van der Waals surface area contributed by atoms with E-state index >= 15 is 0 Å². The van der Waals surface area contributed by atoms with Crippen LogP contribution in [0.3, 0.4) is 0 Å². The van der Waals surface area contributed by atoms with Crippen LogP contribution in [0, 0.1) is 6.92 Å². The summed E-state index contributed by atoms with van der Waals surface area (Å²) in [6.07, 6.45) is 0. The van der Waals surface area contributed by atoms with Crippen LogP contribution in [-0.2, 0) is 9.84 Å². The molecule has 1 unspecified atom stereocenters. The molecule has 4 nitrogen and oxygen atoms in total. The highest BCUT2D eigenvalue weighted by molar-refractivity contribution is 7.91. The zero-order chi connectivity index (χ0) is 11.1. The predicted molar refractivity (Wildman–Crippen MR) is 59.7 cm³/mol. The van der Waals surface area contributed by atoms with E-state index in [1.165, 1.54) is 0 Å². The summed E-state index contributed by atoms with van der Waals surface area (Å²) in [5.41, 5.74) is 7.10. The molecule has 0 aliphatic carbocycles. The molecule has 2 rings (SSSR count). The third kappa shape index (κ3) is 1.85. The molecule has 82 valence electrons. The van der Waals surface area contributed by atoms with Crippen LogP contribution < -0.4 is 11.1 Å². The highest BCUT2D eigenvalue weighted by atomic mass is 32.2. The Labute approximate surface area is 89.4 Å². The van der Waals surface area contributed by atoms with Crippen molar-refractivity contribution in [2.24, 2.45) is 5.73 Å². The van der Waals surface area contributed by atoms with E-state index in [1.807, 2.05) is 13.0 Å². The summed E-state index contributed by atoms with van der Waals surface area (Å²) in [4.78, 5) is 0.396. The Kier molecular flexibility index (Phi) is 2.44. The van der Waals surface area contributed by atoms with E-state index < -0.39 is 9.84 Å². The monoisotopic (exact) mass is 226 g/mol. The van der Waals surface area contributed by atoms with Gasteiger partial charge in [-0.3, -0.25) is 0 Å². The van der Waals surface area contributed by atoms with Gasteiger partial charge >= 0.3 is 0 Å². The number of sulfone groups is 1. The number of hydrogen-bond donors (Lipinski definition) is 2. The Morgan fingerprint density at radius 3 is 2.93 bits per heavy atom. The van der Waals surface area contributed by atoms with Gasteiger partial charge in [0.15, 0.2) is 9.84 Å². The molecule has 15 heavy (non-hydrogen) atoms. The molecule has 0 aromatic heterocycles. The van der Waals surface area contributed by atoms with Crippen molar-refractivity contribution in [3.05, 3.63) is 23.8 Å². The summed E-state index contributed by atoms with van der Waals surface area (Å²) in [5.74, 6) is 0.0833. The first kappa shape index (κ1) is 10.4. The van der Waals surface area contributed by atoms with Crippen molar-refractivity contribution in [2.45, 2.75) is 17.9 Å². The lowest BCUT2D eigenvalue weighted by Gasteiger charge is -2.26. The molecule has 0 saturated carbocycles. The van der Waals surface area contributed by atoms with E-state index in [0.29, 0.717) is 17.1 Å². The third-order valence-electron chi connectivity index (χ3n) is 2.54. The highest BCUT2D eigenvalue weighted by Crippen LogP contribution is 2.28. The fourth-order valence-electron chi connectivity index (χ4n) is 1.75. The van der Waals surface area contributed by atoms with Crippen LogP contribution in [0.1, 0.15) is 5.56 Å². The van der Waals surface area contributed by atoms with Crippen molar-refractivity contribution in [3.63, 3.8) is 0 Å². The number of hydrogen-bond acceptors (Lipinski definition) is 4. The van der Waals surface area contributed by atoms with Crippen molar-refractivity contribution in [3.8, 4) is 0 Å². The fourth-order valence-corrected chi connectivity index (χ4v) is 3.51. The van der Waals surface area contributed by atoms with Gasteiger partial charge in [0.25, 0.3) is 0 Å². The molecule has 0 amide bonds. The molecule has 1 atom stereocenters. The fraction of sp³-hybridized carbons (Fsp3) is 0.400. The van der Waals surface area contributed by atoms with E-state index in [2.05, 4.69) is 5.32 Å². The number of fused-ring (bicyclic) bond motifs is 1. The lowest BCUT2D eigenvalue weighted by atomic mass is 10.2. The normalized spacial score (nSPS) is 22.9. The highest BCUT2D eigenvalue weighted by Gasteiger charge is 2.28. The summed E-state index contributed by atoms with van der Waals surface area (Å²) >= 11 is 0. The lowest BCUT2D eigenvalue weighted by molar-refractivity contribution is 0.585. The quantitative estimate of drug-likeness (QED) is 0.732. The Morgan fingerprint density at radius 1 is 1.53 bits per heavy atom. The first-order chi connectivity index (χ1) is 7.03. The molecule has 0 saturated heterocycles. The molecule has 1 aliphatic heterocycles. The molecule has 0 radical (unpaired) electrons. The molecule has 0 spiro atoms. The third-order valence-corrected chi connectivity index (χ3v) is 4.39. The number of aryl methyl sites for hydroxylation is 1. The molecule has 0 fully saturated rings. The SMILES string of the molecule is Cc1ccc2c(c1)S(=O)(=O)CC(CN)N2. The maximum Gasteiger partial charge on any atom is 0.182 e. The van der Waals surface area contributed by atoms with Crippen molar-refractivity contribution >= 4 is 15.5 Å². The zero-order valence-corrected chi connectivity index (χ0v) is 9.34. The van der Waals surface area contributed by atoms with E-state index in [4.69, 9.17) is 5.73 Å². The van der Waals surface area contributed by atoms with Gasteiger partial charge in [0.2, 0.25) is 0 Å². The number of nitrogens with one attached hydrogen (secondary N) is 1. The van der Waals surface area contributed by atoms with Gasteiger partial charge in [0.05, 0.1) is 22.4 Å². The average molecular weight is 226 g/mol. The summed E-state index contributed by atoms with van der Waals surface area (Å²) < 4.78 is 23.8. The van der Waals surface area contributed by atoms with Gasteiger partial charge in [0, 0.05) is 6.54 Å². The first-order valence-corrected chi connectivity index (χ1v) is 6.48. The largest absolute Gasteiger partial charge is 0.379 e. The van der Waals surface area contributed by atoms with Crippen LogP contribution in [0.25, 0.3) is 0 Å². The molecule has 1 aromatic carbocycles. The van der Waals surface area contributed by atoms with Crippen LogP contribution in [0.2, 0.25) is 0 Å². The van der Waals surface area contributed by atoms with Gasteiger partial charge in [-0.2, -0.15) is 0 Å². The van der Waals surface area contributed by atoms with Crippen molar-refractivity contribution in [2.75, 3.05) is 17.6 Å². The summed E-state index contributed by atoms with van der Waals surface area (Å²) in [6, 6.07) is 5.21. The standard InChI is InChI=1S/C10H14N2O2S/c1-7-2-3-9-10(4-7)15(13,14)6-8(5-11)12-9/h2-4,8,12H,5-6,11H2,1H3. The Hall–Kier alpha value is -1.07. The zero-order valence-electron chi connectivity index (χ0n) is 8.53. The Bertz CT molecular complexity index is 482. The van der Waals surface area contributed by atoms with Crippen LogP contribution >= 0.6 is 0 Å². The number of rotatable bonds is 1. The van der Waals surface area contributed by atoms with E-state index in [1.54, 1.807) is 12.1 Å². The Morgan fingerprint density at radius 2 is 2.27 bits per heavy atom. The molecular weight excluding hydrogens is 212 g/mol. The van der Waals surface area contributed by atoms with Crippen molar-refractivity contribution in [1.82, 2.24) is 0 Å². The van der Waals surface area contributed by atoms with Crippen LogP contribution in [0.4, 0.5) is 5.69 Å². The Balaban J connectivity index is 2.55. The van der Waals surface area contributed by atoms with Gasteiger partial charge < -0.3 is 11.1 Å². The maximum absolute atomic E-state index is 11.9. The van der Waals surface area contributed by atoms with Gasteiger partial charge in [-0.05, 0) is 24.6 Å². The summed E-state index contributed by atoms with van der Waals surface area (Å²) in [5, 5.41) is 3.13. The number of anilines is 1. The number of nitrogens with two attached hydrogens (primary N) is 1. The van der Waals surface area contributed by atoms with Crippen LogP contribution in [-0.4, -0.2) is 26.8 Å². The smallest absolute Gasteiger partial charge is 0.182 e. The molecule has 1 aliphatic rings. The van der Waals surface area contributed by atoms with Gasteiger partial charge in [-0.1, -0.05) is 6.07 Å². The predicted octanol–water partition coefficient (Wildman–Crippen LogP) is 0.522. The lowest BCUT2D eigenvalue weighted by Crippen LogP contribution is -2.39. The molecule has 1 aromatic rings. The molecule has 1 heterocycles. The van der Waals surface area contributed by atoms with Gasteiger partial charge in [-0.25, -0.2) is 8.42 Å². The molecule has 5 heteroatoms. The van der Waals surface area contributed by atoms with E-state index in [-0.39, 0.29) is 11.8 Å². The minimum atomic E-state index is -3.17. The number of benzene rings is 1. The minimum absolute atomic E-state index is 0.0833. The van der Waals surface area contributed by atoms with E-state index in [0.717, 1.165) is 5.56 Å². The topological polar surface area (TPSA) is 72.2 Å². The first-order valence-electron chi connectivity index (χ1n) is 4.83. The van der Waals surface area contributed by atoms with Crippen LogP contribution in [0.15, 0.2) is 23.1 Å². The molecular formula is C10H14N2O2S. The maximum atomic E-state index is 11.9. The second kappa shape index (κ2) is 3.50. The second-order valence-electron chi connectivity index (χ2n) is 3.86. The molecule has 0 bridgehead atoms. The molecule has 3 N–H and O–H groups in total. The van der Waals surface area contributed by atoms with Crippen molar-refractivity contribution < 1.29 is 8.42 Å². The van der Waals surface area contributed by atoms with Crippen molar-refractivity contribution in [1.29, 1.82) is 0 Å². The van der Waals surface area contributed by atoms with Crippen LogP contribution in [0.5, 0.6) is 0 Å². The van der Waals surface area contributed by atoms with E-state index in [9.17, 15) is 8.42 Å². The summed E-state index contributed by atoms with van der Waals surface area (Å²) in [6.45, 7) is 2.21. The van der Waals surface area contributed by atoms with Gasteiger partial charge in [0.1, 0.15) is 0 Å². The second-order valence-corrected chi connectivity index (χ2v) is 5.86. The average Bonchev–Trinajstić information content (AvgIpc) is 2.18. The minimum Gasteiger partial charge on any atom is -0.379 e. The van der Waals surface area contributed by atoms with Gasteiger partial charge in [-0.15, -0.1) is 0 Å². The summed E-state index contributed by atoms with van der Waals surface area (Å²) in [7, 11) is -3.17.